The van der Waals surface area contributed by atoms with Crippen LogP contribution in [0.2, 0.25) is 0 Å². The number of carboxylic acid groups (broad SMARTS) is 1. The minimum Gasteiger partial charge on any atom is -0.548 e. The molecule has 0 saturated carbocycles. The predicted octanol–water partition coefficient (Wildman–Crippen LogP) is 0.0575. The van der Waals surface area contributed by atoms with E-state index in [1.807, 2.05) is 6.07 Å². The highest BCUT2D eigenvalue weighted by atomic mass is 16.5. The highest BCUT2D eigenvalue weighted by molar-refractivity contribution is 5.88. The molecule has 1 heterocycles. The molecule has 2 amide bonds. The second-order valence-corrected chi connectivity index (χ2v) is 7.89. The lowest BCUT2D eigenvalue weighted by atomic mass is 9.91. The number of carbonyl (C=O) groups excluding carboxylic acids is 3. The van der Waals surface area contributed by atoms with Crippen LogP contribution in [-0.2, 0) is 27.2 Å². The molecule has 2 N–H and O–H groups in total. The first kappa shape index (κ1) is 22.3. The lowest BCUT2D eigenvalue weighted by Gasteiger charge is -2.23. The first-order valence-electron chi connectivity index (χ1n) is 10.2. The van der Waals surface area contributed by atoms with Crippen LogP contribution in [0.1, 0.15) is 37.8 Å². The summed E-state index contributed by atoms with van der Waals surface area (Å²) in [6, 6.07) is 3.94. The van der Waals surface area contributed by atoms with Gasteiger partial charge in [-0.1, -0.05) is 13.8 Å². The van der Waals surface area contributed by atoms with E-state index in [4.69, 9.17) is 9.15 Å². The third-order valence-corrected chi connectivity index (χ3v) is 5.25. The van der Waals surface area contributed by atoms with Crippen molar-refractivity contribution >= 4 is 28.8 Å². The van der Waals surface area contributed by atoms with Crippen LogP contribution in [0.3, 0.4) is 0 Å². The van der Waals surface area contributed by atoms with E-state index >= 15 is 0 Å². The van der Waals surface area contributed by atoms with Crippen LogP contribution in [0.4, 0.5) is 0 Å². The molecular weight excluding hydrogens is 404 g/mol. The summed E-state index contributed by atoms with van der Waals surface area (Å²) in [7, 11) is 0. The fourth-order valence-corrected chi connectivity index (χ4v) is 3.62. The Morgan fingerprint density at radius 2 is 1.84 bits per heavy atom. The average Bonchev–Trinajstić information content (AvgIpc) is 2.74. The van der Waals surface area contributed by atoms with E-state index < -0.39 is 30.4 Å². The quantitative estimate of drug-likeness (QED) is 0.566. The van der Waals surface area contributed by atoms with Gasteiger partial charge in [0.05, 0.1) is 18.6 Å². The summed E-state index contributed by atoms with van der Waals surface area (Å²) in [5.74, 6) is -2.60. The molecule has 9 nitrogen and oxygen atoms in total. The number of amides is 2. The summed E-state index contributed by atoms with van der Waals surface area (Å²) in [6.45, 7) is 2.52. The Kier molecular flexibility index (Phi) is 6.94. The first-order chi connectivity index (χ1) is 14.8. The Hall–Kier alpha value is -3.36. The summed E-state index contributed by atoms with van der Waals surface area (Å²) in [4.78, 5) is 47.0. The molecule has 2 aromatic rings. The van der Waals surface area contributed by atoms with Crippen molar-refractivity contribution in [3.8, 4) is 5.75 Å². The third kappa shape index (κ3) is 5.42. The molecule has 1 aliphatic rings. The maximum atomic E-state index is 12.2. The largest absolute Gasteiger partial charge is 0.548 e. The summed E-state index contributed by atoms with van der Waals surface area (Å²) < 4.78 is 10.9. The molecule has 1 aromatic carbocycles. The summed E-state index contributed by atoms with van der Waals surface area (Å²) >= 11 is 0. The molecule has 0 spiro atoms. The number of hydrogen-bond acceptors (Lipinski definition) is 7. The number of aryl methyl sites for hydroxylation is 1. The lowest BCUT2D eigenvalue weighted by Crippen LogP contribution is -2.53. The van der Waals surface area contributed by atoms with Crippen LogP contribution in [0.25, 0.3) is 11.0 Å². The van der Waals surface area contributed by atoms with Crippen molar-refractivity contribution in [2.24, 2.45) is 5.92 Å². The number of nitrogens with one attached hydrogen (secondary N) is 2. The van der Waals surface area contributed by atoms with Gasteiger partial charge in [-0.05, 0) is 49.3 Å². The molecule has 31 heavy (non-hydrogen) atoms. The van der Waals surface area contributed by atoms with Crippen molar-refractivity contribution in [3.63, 3.8) is 0 Å². The fraction of sp³-hybridized carbons (Fsp3) is 0.455. The van der Waals surface area contributed by atoms with E-state index in [2.05, 4.69) is 10.6 Å². The SMILES string of the molecule is CC(C)[C@H](NC(=O)CNC(=O)COc1ccc2c3c(c(=O)oc2c1)CCCC3)C(=O)[O-]. The number of fused-ring (bicyclic) bond motifs is 3. The molecule has 0 unspecified atom stereocenters. The second kappa shape index (κ2) is 9.63. The molecule has 3 rings (SSSR count). The highest BCUT2D eigenvalue weighted by Gasteiger charge is 2.19. The van der Waals surface area contributed by atoms with Crippen LogP contribution in [-0.4, -0.2) is 37.0 Å². The number of carbonyl (C=O) groups is 3. The van der Waals surface area contributed by atoms with Crippen molar-refractivity contribution in [1.29, 1.82) is 0 Å². The molecule has 1 atom stereocenters. The number of benzene rings is 1. The van der Waals surface area contributed by atoms with E-state index in [0.717, 1.165) is 42.2 Å². The molecule has 0 radical (unpaired) electrons. The smallest absolute Gasteiger partial charge is 0.339 e. The van der Waals surface area contributed by atoms with Gasteiger partial charge in [0.15, 0.2) is 6.61 Å². The van der Waals surface area contributed by atoms with Gasteiger partial charge in [0.25, 0.3) is 5.91 Å². The topological polar surface area (TPSA) is 138 Å². The zero-order valence-electron chi connectivity index (χ0n) is 17.5. The van der Waals surface area contributed by atoms with Gasteiger partial charge in [-0.2, -0.15) is 0 Å². The number of rotatable bonds is 8. The van der Waals surface area contributed by atoms with Gasteiger partial charge in [-0.15, -0.1) is 0 Å². The van der Waals surface area contributed by atoms with Crippen molar-refractivity contribution in [2.75, 3.05) is 13.2 Å². The van der Waals surface area contributed by atoms with E-state index in [9.17, 15) is 24.3 Å². The average molecular weight is 429 g/mol. The van der Waals surface area contributed by atoms with Crippen molar-refractivity contribution < 1.29 is 28.6 Å². The van der Waals surface area contributed by atoms with E-state index in [1.165, 1.54) is 0 Å². The molecular formula is C22H25N2O7-. The van der Waals surface area contributed by atoms with E-state index in [-0.39, 0.29) is 18.2 Å². The first-order valence-corrected chi connectivity index (χ1v) is 10.2. The maximum Gasteiger partial charge on any atom is 0.339 e. The molecule has 0 bridgehead atoms. The molecule has 0 aliphatic heterocycles. The Labute approximate surface area is 178 Å². The second-order valence-electron chi connectivity index (χ2n) is 7.89. The van der Waals surface area contributed by atoms with Crippen LogP contribution in [0, 0.1) is 5.92 Å². The zero-order chi connectivity index (χ0) is 22.5. The van der Waals surface area contributed by atoms with Crippen LogP contribution in [0.15, 0.2) is 27.4 Å². The summed E-state index contributed by atoms with van der Waals surface area (Å²) in [6.07, 6.45) is 3.56. The number of ether oxygens (including phenoxy) is 1. The standard InChI is InChI=1S/C22H26N2O7/c1-12(2)20(21(27)28)24-18(25)10-23-19(26)11-30-13-7-8-15-14-5-3-4-6-16(14)22(29)31-17(15)9-13/h7-9,12,20H,3-6,10-11H2,1-2H3,(H,23,26)(H,24,25)(H,27,28)/p-1/t20-/m0/s1. The zero-order valence-corrected chi connectivity index (χ0v) is 17.5. The van der Waals surface area contributed by atoms with E-state index in [0.29, 0.717) is 11.3 Å². The lowest BCUT2D eigenvalue weighted by molar-refractivity contribution is -0.309. The summed E-state index contributed by atoms with van der Waals surface area (Å²) in [5, 5.41) is 16.5. The van der Waals surface area contributed by atoms with Gasteiger partial charge in [0.2, 0.25) is 5.91 Å². The molecule has 166 valence electrons. The summed E-state index contributed by atoms with van der Waals surface area (Å²) in [5.41, 5.74) is 1.83. The Morgan fingerprint density at radius 3 is 2.52 bits per heavy atom. The number of aliphatic carboxylic acids is 1. The van der Waals surface area contributed by atoms with Crippen LogP contribution < -0.4 is 26.1 Å². The van der Waals surface area contributed by atoms with Gasteiger partial charge in [-0.3, -0.25) is 9.59 Å². The third-order valence-electron chi connectivity index (χ3n) is 5.25. The van der Waals surface area contributed by atoms with Gasteiger partial charge in [0.1, 0.15) is 11.3 Å². The Morgan fingerprint density at radius 1 is 1.13 bits per heavy atom. The molecule has 0 fully saturated rings. The van der Waals surface area contributed by atoms with Crippen LogP contribution in [0.5, 0.6) is 5.75 Å². The van der Waals surface area contributed by atoms with Crippen LogP contribution >= 0.6 is 0 Å². The predicted molar refractivity (Wildman–Crippen MR) is 109 cm³/mol. The maximum absolute atomic E-state index is 12.2. The molecule has 0 saturated heterocycles. The van der Waals surface area contributed by atoms with Gasteiger partial charge in [-0.25, -0.2) is 4.79 Å². The molecule has 9 heteroatoms. The monoisotopic (exact) mass is 429 g/mol. The normalized spacial score (nSPS) is 14.0. The van der Waals surface area contributed by atoms with Crippen molar-refractivity contribution in [2.45, 2.75) is 45.6 Å². The number of hydrogen-bond donors (Lipinski definition) is 2. The van der Waals surface area contributed by atoms with Gasteiger partial charge >= 0.3 is 5.63 Å². The van der Waals surface area contributed by atoms with Gasteiger partial charge < -0.3 is 29.7 Å². The van der Waals surface area contributed by atoms with Crippen molar-refractivity contribution in [3.05, 3.63) is 39.7 Å². The Bertz CT molecular complexity index is 1060. The van der Waals surface area contributed by atoms with E-state index in [1.54, 1.807) is 26.0 Å². The van der Waals surface area contributed by atoms with Crippen molar-refractivity contribution in [1.82, 2.24) is 10.6 Å². The van der Waals surface area contributed by atoms with Gasteiger partial charge in [0, 0.05) is 17.0 Å². The highest BCUT2D eigenvalue weighted by Crippen LogP contribution is 2.29. The minimum atomic E-state index is -1.39. The molecule has 1 aliphatic carbocycles. The molecule has 1 aromatic heterocycles. The Balaban J connectivity index is 1.56. The number of carboxylic acids is 1. The fourth-order valence-electron chi connectivity index (χ4n) is 3.62. The minimum absolute atomic E-state index is 0.334.